The van der Waals surface area contributed by atoms with Crippen molar-refractivity contribution in [3.63, 3.8) is 0 Å². The summed E-state index contributed by atoms with van der Waals surface area (Å²) in [6.07, 6.45) is 4.80. The molecule has 0 amide bonds. The first kappa shape index (κ1) is 21.8. The van der Waals surface area contributed by atoms with Gasteiger partial charge in [0.1, 0.15) is 11.4 Å². The molecule has 2 bridgehead atoms. The molecule has 2 aromatic rings. The number of methoxy groups -OCH3 is 1. The Morgan fingerprint density at radius 2 is 1.74 bits per heavy atom. The van der Waals surface area contributed by atoms with E-state index in [9.17, 15) is 5.11 Å². The highest BCUT2D eigenvalue weighted by atomic mass is 16.5. The quantitative estimate of drug-likeness (QED) is 0.692. The van der Waals surface area contributed by atoms with Crippen molar-refractivity contribution in [1.82, 2.24) is 14.9 Å². The van der Waals surface area contributed by atoms with E-state index in [1.807, 2.05) is 26.0 Å². The molecule has 4 rings (SSSR count). The Morgan fingerprint density at radius 3 is 2.35 bits per heavy atom. The van der Waals surface area contributed by atoms with Crippen LogP contribution in [0.4, 0.5) is 0 Å². The van der Waals surface area contributed by atoms with Crippen LogP contribution in [-0.2, 0) is 12.1 Å². The van der Waals surface area contributed by atoms with Crippen LogP contribution < -0.4 is 14.2 Å². The van der Waals surface area contributed by atoms with Gasteiger partial charge in [0.05, 0.1) is 25.9 Å². The van der Waals surface area contributed by atoms with E-state index in [-0.39, 0.29) is 11.8 Å². The average Bonchev–Trinajstić information content (AvgIpc) is 2.76. The van der Waals surface area contributed by atoms with E-state index in [0.29, 0.717) is 30.7 Å². The fourth-order valence-corrected chi connectivity index (χ4v) is 5.17. The molecule has 1 saturated heterocycles. The Kier molecular flexibility index (Phi) is 6.62. The molecule has 2 fully saturated rings. The molecule has 7 nitrogen and oxygen atoms in total. The normalized spacial score (nSPS) is 25.8. The van der Waals surface area contributed by atoms with Gasteiger partial charge in [0, 0.05) is 37.7 Å². The molecule has 1 aliphatic heterocycles. The lowest BCUT2D eigenvalue weighted by atomic mass is 9.63. The maximum atomic E-state index is 12.1. The van der Waals surface area contributed by atoms with Crippen LogP contribution in [0.1, 0.15) is 44.2 Å². The molecule has 2 aliphatic rings. The number of likely N-dealkylation sites (tertiary alicyclic amines) is 1. The van der Waals surface area contributed by atoms with E-state index in [0.717, 1.165) is 44.6 Å². The highest BCUT2D eigenvalue weighted by molar-refractivity contribution is 5.35. The Balaban J connectivity index is 1.58. The SMILES string of the molecule is CCOc1ncc(C2(O)[C@@H]3CCC[C@@H]2CN(Cc2ccc(OC)cc2)C3)c(OCC)n1. The molecule has 1 saturated carbocycles. The minimum Gasteiger partial charge on any atom is -0.497 e. The van der Waals surface area contributed by atoms with Crippen molar-refractivity contribution in [2.24, 2.45) is 11.8 Å². The van der Waals surface area contributed by atoms with E-state index in [4.69, 9.17) is 14.2 Å². The Morgan fingerprint density at radius 1 is 1.06 bits per heavy atom. The van der Waals surface area contributed by atoms with Crippen molar-refractivity contribution in [3.8, 4) is 17.6 Å². The number of aromatic nitrogens is 2. The van der Waals surface area contributed by atoms with E-state index >= 15 is 0 Å². The molecule has 1 aliphatic carbocycles. The van der Waals surface area contributed by atoms with Crippen LogP contribution in [0.15, 0.2) is 30.5 Å². The van der Waals surface area contributed by atoms with Crippen LogP contribution in [0.25, 0.3) is 0 Å². The summed E-state index contributed by atoms with van der Waals surface area (Å²) in [5.41, 5.74) is 0.976. The molecule has 31 heavy (non-hydrogen) atoms. The first-order valence-corrected chi connectivity index (χ1v) is 11.3. The second-order valence-corrected chi connectivity index (χ2v) is 8.43. The number of hydrogen-bond acceptors (Lipinski definition) is 7. The number of benzene rings is 1. The van der Waals surface area contributed by atoms with Crippen molar-refractivity contribution in [1.29, 1.82) is 0 Å². The monoisotopic (exact) mass is 427 g/mol. The molecule has 0 spiro atoms. The van der Waals surface area contributed by atoms with Crippen molar-refractivity contribution in [3.05, 3.63) is 41.6 Å². The second kappa shape index (κ2) is 9.40. The largest absolute Gasteiger partial charge is 0.497 e. The van der Waals surface area contributed by atoms with Crippen LogP contribution in [-0.4, -0.2) is 53.4 Å². The van der Waals surface area contributed by atoms with Gasteiger partial charge in [-0.05, 0) is 44.4 Å². The van der Waals surface area contributed by atoms with Crippen LogP contribution in [0.3, 0.4) is 0 Å². The molecule has 1 aromatic heterocycles. The summed E-state index contributed by atoms with van der Waals surface area (Å²) in [4.78, 5) is 11.3. The van der Waals surface area contributed by atoms with Crippen LogP contribution in [0, 0.1) is 11.8 Å². The standard InChI is InChI=1S/C24H33N3O4/c1-4-30-22-21(13-25-23(26-22)31-5-2)24(28)18-7-6-8-19(24)16-27(15-18)14-17-9-11-20(29-3)12-10-17/h9-13,18-19,28H,4-8,14-16H2,1-3H3/t18-,19-/m1/s1. The third-order valence-electron chi connectivity index (χ3n) is 6.59. The molecule has 2 heterocycles. The maximum absolute atomic E-state index is 12.1. The molecule has 1 N–H and O–H groups in total. The molecule has 0 unspecified atom stereocenters. The smallest absolute Gasteiger partial charge is 0.319 e. The molecule has 0 radical (unpaired) electrons. The number of hydrogen-bond donors (Lipinski definition) is 1. The first-order valence-electron chi connectivity index (χ1n) is 11.3. The van der Waals surface area contributed by atoms with Gasteiger partial charge in [-0.25, -0.2) is 4.98 Å². The lowest BCUT2D eigenvalue weighted by Gasteiger charge is -2.53. The number of nitrogens with zero attached hydrogens (tertiary/aromatic N) is 3. The third-order valence-corrected chi connectivity index (χ3v) is 6.59. The van der Waals surface area contributed by atoms with Crippen molar-refractivity contribution < 1.29 is 19.3 Å². The zero-order chi connectivity index (χ0) is 21.8. The fraction of sp³-hybridized carbons (Fsp3) is 0.583. The maximum Gasteiger partial charge on any atom is 0.319 e. The summed E-state index contributed by atoms with van der Waals surface area (Å²) in [7, 11) is 1.68. The van der Waals surface area contributed by atoms with E-state index in [2.05, 4.69) is 27.0 Å². The van der Waals surface area contributed by atoms with Gasteiger partial charge in [0.2, 0.25) is 5.88 Å². The number of piperidine rings is 1. The first-order chi connectivity index (χ1) is 15.1. The highest BCUT2D eigenvalue weighted by Crippen LogP contribution is 2.51. The molecule has 168 valence electrons. The summed E-state index contributed by atoms with van der Waals surface area (Å²) >= 11 is 0. The summed E-state index contributed by atoms with van der Waals surface area (Å²) < 4.78 is 16.6. The molecule has 2 atom stereocenters. The summed E-state index contributed by atoms with van der Waals surface area (Å²) in [5, 5.41) is 12.1. The third kappa shape index (κ3) is 4.34. The minimum atomic E-state index is -0.982. The van der Waals surface area contributed by atoms with Gasteiger partial charge in [-0.15, -0.1) is 0 Å². The van der Waals surface area contributed by atoms with Gasteiger partial charge in [-0.2, -0.15) is 4.98 Å². The summed E-state index contributed by atoms with van der Waals surface area (Å²) in [6, 6.07) is 8.52. The molecule has 7 heteroatoms. The van der Waals surface area contributed by atoms with Gasteiger partial charge >= 0.3 is 6.01 Å². The van der Waals surface area contributed by atoms with Crippen molar-refractivity contribution >= 4 is 0 Å². The molecule has 1 aromatic carbocycles. The Labute approximate surface area is 184 Å². The summed E-state index contributed by atoms with van der Waals surface area (Å²) in [6.45, 7) is 7.31. The van der Waals surface area contributed by atoms with Crippen molar-refractivity contribution in [2.75, 3.05) is 33.4 Å². The van der Waals surface area contributed by atoms with E-state index in [1.165, 1.54) is 5.56 Å². The average molecular weight is 428 g/mol. The minimum absolute atomic E-state index is 0.110. The van der Waals surface area contributed by atoms with Gasteiger partial charge in [0.25, 0.3) is 0 Å². The predicted molar refractivity (Wildman–Crippen MR) is 117 cm³/mol. The van der Waals surface area contributed by atoms with E-state index in [1.54, 1.807) is 13.3 Å². The van der Waals surface area contributed by atoms with Gasteiger partial charge in [0.15, 0.2) is 0 Å². The number of fused-ring (bicyclic) bond motifs is 2. The van der Waals surface area contributed by atoms with Crippen LogP contribution in [0.5, 0.6) is 17.6 Å². The zero-order valence-electron chi connectivity index (χ0n) is 18.7. The van der Waals surface area contributed by atoms with Gasteiger partial charge in [-0.1, -0.05) is 18.6 Å². The van der Waals surface area contributed by atoms with E-state index < -0.39 is 5.60 Å². The second-order valence-electron chi connectivity index (χ2n) is 8.43. The molecular formula is C24H33N3O4. The van der Waals surface area contributed by atoms with Crippen LogP contribution >= 0.6 is 0 Å². The number of aliphatic hydroxyl groups is 1. The van der Waals surface area contributed by atoms with Crippen LogP contribution in [0.2, 0.25) is 0 Å². The van der Waals surface area contributed by atoms with Gasteiger partial charge < -0.3 is 19.3 Å². The fourth-order valence-electron chi connectivity index (χ4n) is 5.17. The highest BCUT2D eigenvalue weighted by Gasteiger charge is 2.53. The lowest BCUT2D eigenvalue weighted by molar-refractivity contribution is -0.150. The predicted octanol–water partition coefficient (Wildman–Crippen LogP) is 3.40. The topological polar surface area (TPSA) is 76.9 Å². The zero-order valence-corrected chi connectivity index (χ0v) is 18.7. The Bertz CT molecular complexity index is 860. The Hall–Kier alpha value is -2.38. The van der Waals surface area contributed by atoms with Crippen molar-refractivity contribution in [2.45, 2.75) is 45.3 Å². The lowest BCUT2D eigenvalue weighted by Crippen LogP contribution is -2.58. The summed E-state index contributed by atoms with van der Waals surface area (Å²) in [5.74, 6) is 1.54. The number of ether oxygens (including phenoxy) is 3. The number of rotatable bonds is 8. The van der Waals surface area contributed by atoms with Gasteiger partial charge in [-0.3, -0.25) is 4.90 Å². The molecular weight excluding hydrogens is 394 g/mol.